The molecule has 0 aromatic carbocycles. The van der Waals surface area contributed by atoms with Gasteiger partial charge in [0.05, 0.1) is 17.1 Å². The van der Waals surface area contributed by atoms with E-state index in [2.05, 4.69) is 4.98 Å². The zero-order valence-electron chi connectivity index (χ0n) is 10.9. The second-order valence-electron chi connectivity index (χ2n) is 5.03. The first-order valence-electron chi connectivity index (χ1n) is 6.45. The van der Waals surface area contributed by atoms with Crippen LogP contribution in [0, 0.1) is 11.8 Å². The van der Waals surface area contributed by atoms with Gasteiger partial charge in [0, 0.05) is 24.9 Å². The molecule has 1 saturated heterocycles. The van der Waals surface area contributed by atoms with Crippen molar-refractivity contribution in [2.45, 2.75) is 26.2 Å². The van der Waals surface area contributed by atoms with Gasteiger partial charge in [-0.1, -0.05) is 6.92 Å². The maximum absolute atomic E-state index is 12.1. The molecule has 1 fully saturated rings. The summed E-state index contributed by atoms with van der Waals surface area (Å²) < 4.78 is 0. The lowest BCUT2D eigenvalue weighted by molar-refractivity contribution is -0.148. The molecule has 1 N–H and O–H groups in total. The van der Waals surface area contributed by atoms with Crippen LogP contribution in [0.3, 0.4) is 0 Å². The molecule has 0 bridgehead atoms. The normalized spacial score (nSPS) is 23.3. The van der Waals surface area contributed by atoms with Crippen LogP contribution in [-0.2, 0) is 16.0 Å². The maximum atomic E-state index is 12.1. The first kappa shape index (κ1) is 14.0. The van der Waals surface area contributed by atoms with Gasteiger partial charge in [-0.05, 0) is 18.8 Å². The molecule has 0 radical (unpaired) electrons. The van der Waals surface area contributed by atoms with Gasteiger partial charge in [-0.15, -0.1) is 11.3 Å². The average Bonchev–Trinajstić information content (AvgIpc) is 2.88. The van der Waals surface area contributed by atoms with Gasteiger partial charge in [0.1, 0.15) is 0 Å². The van der Waals surface area contributed by atoms with Crippen LogP contribution in [0.25, 0.3) is 0 Å². The largest absolute Gasteiger partial charge is 0.481 e. The standard InChI is InChI=1S/C13H18N2O3S/c1-9-6-15(5-4-11(9)13(17)18)12(16)3-2-10-7-19-8-14-10/h7-9,11H,2-6H2,1H3,(H,17,18)/t9-,11+/m1/s1. The number of carboxylic acid groups (broad SMARTS) is 1. The van der Waals surface area contributed by atoms with Crippen LogP contribution in [-0.4, -0.2) is 40.0 Å². The smallest absolute Gasteiger partial charge is 0.306 e. The Labute approximate surface area is 116 Å². The van der Waals surface area contributed by atoms with Crippen molar-refractivity contribution < 1.29 is 14.7 Å². The van der Waals surface area contributed by atoms with E-state index in [1.807, 2.05) is 12.3 Å². The molecule has 1 aliphatic rings. The molecule has 104 valence electrons. The summed E-state index contributed by atoms with van der Waals surface area (Å²) in [5.74, 6) is -0.942. The van der Waals surface area contributed by atoms with Gasteiger partial charge in [0.15, 0.2) is 0 Å². The average molecular weight is 282 g/mol. The summed E-state index contributed by atoms with van der Waals surface area (Å²) in [5.41, 5.74) is 2.71. The minimum absolute atomic E-state index is 0.0227. The van der Waals surface area contributed by atoms with E-state index in [1.54, 1.807) is 10.4 Å². The molecule has 2 heterocycles. The molecule has 2 rings (SSSR count). The lowest BCUT2D eigenvalue weighted by atomic mass is 9.87. The van der Waals surface area contributed by atoms with Crippen molar-refractivity contribution in [2.75, 3.05) is 13.1 Å². The molecule has 1 aromatic rings. The number of aryl methyl sites for hydroxylation is 1. The van der Waals surface area contributed by atoms with Crippen molar-refractivity contribution in [2.24, 2.45) is 11.8 Å². The number of nitrogens with zero attached hydrogens (tertiary/aromatic N) is 2. The third-order valence-corrected chi connectivity index (χ3v) is 4.29. The Morgan fingerprint density at radius 2 is 2.37 bits per heavy atom. The van der Waals surface area contributed by atoms with E-state index in [1.165, 1.54) is 11.3 Å². The van der Waals surface area contributed by atoms with Crippen LogP contribution in [0.4, 0.5) is 0 Å². The van der Waals surface area contributed by atoms with Crippen LogP contribution in [0.5, 0.6) is 0 Å². The third-order valence-electron chi connectivity index (χ3n) is 3.65. The molecule has 1 aliphatic heterocycles. The summed E-state index contributed by atoms with van der Waals surface area (Å²) in [6.07, 6.45) is 1.67. The minimum atomic E-state index is -0.748. The Morgan fingerprint density at radius 1 is 1.58 bits per heavy atom. The molecule has 0 aliphatic carbocycles. The summed E-state index contributed by atoms with van der Waals surface area (Å²) in [7, 11) is 0. The predicted octanol–water partition coefficient (Wildman–Crippen LogP) is 1.64. The Hall–Kier alpha value is -1.43. The van der Waals surface area contributed by atoms with Crippen LogP contribution in [0.1, 0.15) is 25.5 Å². The van der Waals surface area contributed by atoms with Gasteiger partial charge in [0.25, 0.3) is 0 Å². The third kappa shape index (κ3) is 3.53. The molecule has 2 atom stereocenters. The van der Waals surface area contributed by atoms with Crippen molar-refractivity contribution in [3.8, 4) is 0 Å². The number of carbonyl (C=O) groups excluding carboxylic acids is 1. The second-order valence-corrected chi connectivity index (χ2v) is 5.75. The molecular weight excluding hydrogens is 264 g/mol. The van der Waals surface area contributed by atoms with Crippen LogP contribution >= 0.6 is 11.3 Å². The molecule has 1 aromatic heterocycles. The Morgan fingerprint density at radius 3 is 2.95 bits per heavy atom. The molecular formula is C13H18N2O3S. The zero-order chi connectivity index (χ0) is 13.8. The van der Waals surface area contributed by atoms with E-state index in [0.717, 1.165) is 5.69 Å². The number of carbonyl (C=O) groups is 2. The van der Waals surface area contributed by atoms with Crippen LogP contribution < -0.4 is 0 Å². The van der Waals surface area contributed by atoms with E-state index in [9.17, 15) is 9.59 Å². The topological polar surface area (TPSA) is 70.5 Å². The van der Waals surface area contributed by atoms with Gasteiger partial charge in [0.2, 0.25) is 5.91 Å². The summed E-state index contributed by atoms with van der Waals surface area (Å²) in [6, 6.07) is 0. The number of aromatic nitrogens is 1. The summed E-state index contributed by atoms with van der Waals surface area (Å²) >= 11 is 1.53. The minimum Gasteiger partial charge on any atom is -0.481 e. The molecule has 5 nitrogen and oxygen atoms in total. The molecule has 0 spiro atoms. The van der Waals surface area contributed by atoms with Gasteiger partial charge in [-0.3, -0.25) is 9.59 Å². The fourth-order valence-corrected chi connectivity index (χ4v) is 3.09. The zero-order valence-corrected chi connectivity index (χ0v) is 11.7. The van der Waals surface area contributed by atoms with Crippen LogP contribution in [0.15, 0.2) is 10.9 Å². The first-order chi connectivity index (χ1) is 9.08. The SMILES string of the molecule is C[C@@H]1CN(C(=O)CCc2cscn2)CC[C@@H]1C(=O)O. The molecule has 6 heteroatoms. The molecule has 19 heavy (non-hydrogen) atoms. The van der Waals surface area contributed by atoms with Crippen molar-refractivity contribution >= 4 is 23.2 Å². The van der Waals surface area contributed by atoms with Gasteiger partial charge in [-0.2, -0.15) is 0 Å². The van der Waals surface area contributed by atoms with E-state index in [4.69, 9.17) is 5.11 Å². The summed E-state index contributed by atoms with van der Waals surface area (Å²) in [4.78, 5) is 29.0. The lowest BCUT2D eigenvalue weighted by Crippen LogP contribution is -2.45. The highest BCUT2D eigenvalue weighted by molar-refractivity contribution is 7.07. The van der Waals surface area contributed by atoms with Crippen molar-refractivity contribution in [1.82, 2.24) is 9.88 Å². The second kappa shape index (κ2) is 6.14. The number of hydrogen-bond donors (Lipinski definition) is 1. The number of rotatable bonds is 4. The number of likely N-dealkylation sites (tertiary alicyclic amines) is 1. The Balaban J connectivity index is 1.82. The highest BCUT2D eigenvalue weighted by Crippen LogP contribution is 2.24. The van der Waals surface area contributed by atoms with E-state index >= 15 is 0 Å². The number of piperidine rings is 1. The summed E-state index contributed by atoms with van der Waals surface area (Å²) in [5, 5.41) is 11.0. The number of aliphatic carboxylic acids is 1. The maximum Gasteiger partial charge on any atom is 0.306 e. The predicted molar refractivity (Wildman–Crippen MR) is 71.9 cm³/mol. The number of thiazole rings is 1. The Kier molecular flexibility index (Phi) is 4.52. The highest BCUT2D eigenvalue weighted by Gasteiger charge is 2.32. The fourth-order valence-electron chi connectivity index (χ4n) is 2.49. The number of amides is 1. The lowest BCUT2D eigenvalue weighted by Gasteiger charge is -2.35. The highest BCUT2D eigenvalue weighted by atomic mass is 32.1. The summed E-state index contributed by atoms with van der Waals surface area (Å²) in [6.45, 7) is 3.00. The quantitative estimate of drug-likeness (QED) is 0.911. The van der Waals surface area contributed by atoms with Crippen LogP contribution in [0.2, 0.25) is 0 Å². The van der Waals surface area contributed by atoms with Gasteiger partial charge in [-0.25, -0.2) is 4.98 Å². The fraction of sp³-hybridized carbons (Fsp3) is 0.615. The molecule has 0 unspecified atom stereocenters. The first-order valence-corrected chi connectivity index (χ1v) is 7.40. The van der Waals surface area contributed by atoms with E-state index in [0.29, 0.717) is 32.4 Å². The molecule has 0 saturated carbocycles. The van der Waals surface area contributed by atoms with E-state index in [-0.39, 0.29) is 17.7 Å². The monoisotopic (exact) mass is 282 g/mol. The van der Waals surface area contributed by atoms with Gasteiger partial charge < -0.3 is 10.0 Å². The number of hydrogen-bond acceptors (Lipinski definition) is 4. The van der Waals surface area contributed by atoms with Crippen molar-refractivity contribution in [3.05, 3.63) is 16.6 Å². The molecule has 1 amide bonds. The Bertz CT molecular complexity index is 447. The van der Waals surface area contributed by atoms with Crippen molar-refractivity contribution in [3.63, 3.8) is 0 Å². The number of carboxylic acids is 1. The van der Waals surface area contributed by atoms with Crippen molar-refractivity contribution in [1.29, 1.82) is 0 Å². The van der Waals surface area contributed by atoms with Gasteiger partial charge >= 0.3 is 5.97 Å². The van der Waals surface area contributed by atoms with E-state index < -0.39 is 5.97 Å².